The highest BCUT2D eigenvalue weighted by atomic mass is 16.1. The lowest BCUT2D eigenvalue weighted by molar-refractivity contribution is 0.103. The van der Waals surface area contributed by atoms with Crippen molar-refractivity contribution in [2.24, 2.45) is 0 Å². The minimum absolute atomic E-state index is 0.188. The average Bonchev–Trinajstić information content (AvgIpc) is 3.20. The van der Waals surface area contributed by atoms with Crippen molar-refractivity contribution in [1.82, 2.24) is 19.5 Å². The van der Waals surface area contributed by atoms with Crippen molar-refractivity contribution in [3.63, 3.8) is 0 Å². The first-order valence-corrected chi connectivity index (χ1v) is 8.00. The molecule has 6 nitrogen and oxygen atoms in total. The standard InChI is InChI=1S/C18H20N4O2/c1-4-14-15(21-18(24)20-14)16(23)12-5-7-13(8-6-12)22-10-9-19-17(22)11(2)3/h5-11H,4H2,1-3H3,(H2,20,21,24). The fourth-order valence-electron chi connectivity index (χ4n) is 2.76. The Bertz CT molecular complexity index is 913. The summed E-state index contributed by atoms with van der Waals surface area (Å²) in [6.07, 6.45) is 4.27. The van der Waals surface area contributed by atoms with Crippen LogP contribution in [0.25, 0.3) is 5.69 Å². The fourth-order valence-corrected chi connectivity index (χ4v) is 2.76. The highest BCUT2D eigenvalue weighted by Gasteiger charge is 2.16. The molecule has 2 heterocycles. The van der Waals surface area contributed by atoms with Crippen LogP contribution in [0.4, 0.5) is 0 Å². The van der Waals surface area contributed by atoms with Gasteiger partial charge in [-0.15, -0.1) is 0 Å². The van der Waals surface area contributed by atoms with Crippen molar-refractivity contribution in [2.45, 2.75) is 33.1 Å². The molecule has 0 radical (unpaired) electrons. The van der Waals surface area contributed by atoms with Crippen molar-refractivity contribution in [3.05, 3.63) is 69.9 Å². The van der Waals surface area contributed by atoms with E-state index in [1.807, 2.05) is 29.8 Å². The van der Waals surface area contributed by atoms with Crippen LogP contribution in [0.5, 0.6) is 0 Å². The second-order valence-electron chi connectivity index (χ2n) is 5.97. The molecule has 2 aromatic heterocycles. The summed E-state index contributed by atoms with van der Waals surface area (Å²) >= 11 is 0. The van der Waals surface area contributed by atoms with E-state index in [0.29, 0.717) is 29.3 Å². The predicted octanol–water partition coefficient (Wildman–Crippen LogP) is 2.81. The monoisotopic (exact) mass is 324 g/mol. The van der Waals surface area contributed by atoms with Crippen LogP contribution < -0.4 is 5.69 Å². The Labute approximate surface area is 139 Å². The summed E-state index contributed by atoms with van der Waals surface area (Å²) in [5.41, 5.74) is 2.10. The van der Waals surface area contributed by atoms with Crippen LogP contribution in [0, 0.1) is 0 Å². The number of aryl methyl sites for hydroxylation is 1. The van der Waals surface area contributed by atoms with Crippen molar-refractivity contribution in [2.75, 3.05) is 0 Å². The van der Waals surface area contributed by atoms with Crippen LogP contribution in [-0.2, 0) is 6.42 Å². The number of carbonyl (C=O) groups is 1. The molecule has 0 atom stereocenters. The zero-order valence-electron chi connectivity index (χ0n) is 14.0. The molecule has 0 bridgehead atoms. The van der Waals surface area contributed by atoms with Gasteiger partial charge in [-0.3, -0.25) is 4.79 Å². The summed E-state index contributed by atoms with van der Waals surface area (Å²) in [4.78, 5) is 33.7. The molecule has 0 saturated carbocycles. The first-order valence-electron chi connectivity index (χ1n) is 8.00. The average molecular weight is 324 g/mol. The second-order valence-corrected chi connectivity index (χ2v) is 5.97. The lowest BCUT2D eigenvalue weighted by Crippen LogP contribution is -2.08. The second kappa shape index (κ2) is 6.31. The summed E-state index contributed by atoms with van der Waals surface area (Å²) < 4.78 is 2.01. The Morgan fingerprint density at radius 3 is 2.54 bits per heavy atom. The summed E-state index contributed by atoms with van der Waals surface area (Å²) in [5.74, 6) is 1.09. The van der Waals surface area contributed by atoms with Crippen LogP contribution in [0.2, 0.25) is 0 Å². The van der Waals surface area contributed by atoms with Crippen LogP contribution in [0.15, 0.2) is 41.5 Å². The van der Waals surface area contributed by atoms with E-state index in [1.54, 1.807) is 18.3 Å². The number of benzene rings is 1. The first kappa shape index (κ1) is 16.0. The fraction of sp³-hybridized carbons (Fsp3) is 0.278. The Morgan fingerprint density at radius 2 is 1.92 bits per heavy atom. The van der Waals surface area contributed by atoms with E-state index in [4.69, 9.17) is 0 Å². The molecule has 6 heteroatoms. The van der Waals surface area contributed by atoms with Crippen molar-refractivity contribution < 1.29 is 4.79 Å². The van der Waals surface area contributed by atoms with Gasteiger partial charge in [0.2, 0.25) is 5.78 Å². The number of nitrogens with zero attached hydrogens (tertiary/aromatic N) is 2. The van der Waals surface area contributed by atoms with Gasteiger partial charge < -0.3 is 14.5 Å². The van der Waals surface area contributed by atoms with Gasteiger partial charge in [0, 0.05) is 35.3 Å². The molecule has 24 heavy (non-hydrogen) atoms. The summed E-state index contributed by atoms with van der Waals surface area (Å²) in [5, 5.41) is 0. The number of rotatable bonds is 5. The molecule has 0 fully saturated rings. The smallest absolute Gasteiger partial charge is 0.309 e. The highest BCUT2D eigenvalue weighted by Crippen LogP contribution is 2.19. The molecule has 1 aromatic carbocycles. The predicted molar refractivity (Wildman–Crippen MR) is 91.9 cm³/mol. The Hall–Kier alpha value is -2.89. The molecular formula is C18H20N4O2. The largest absolute Gasteiger partial charge is 0.323 e. The molecule has 2 N–H and O–H groups in total. The van der Waals surface area contributed by atoms with Crippen LogP contribution in [-0.4, -0.2) is 25.3 Å². The quantitative estimate of drug-likeness (QED) is 0.708. The van der Waals surface area contributed by atoms with Gasteiger partial charge in [0.25, 0.3) is 0 Å². The summed E-state index contributed by atoms with van der Waals surface area (Å²) in [6, 6.07) is 7.31. The van der Waals surface area contributed by atoms with E-state index in [2.05, 4.69) is 28.8 Å². The molecule has 3 aromatic rings. The number of ketones is 1. The lowest BCUT2D eigenvalue weighted by Gasteiger charge is -2.10. The maximum absolute atomic E-state index is 12.6. The topological polar surface area (TPSA) is 83.5 Å². The molecule has 3 rings (SSSR count). The molecular weight excluding hydrogens is 304 g/mol. The van der Waals surface area contributed by atoms with Gasteiger partial charge in [-0.05, 0) is 30.7 Å². The van der Waals surface area contributed by atoms with Gasteiger partial charge in [-0.25, -0.2) is 9.78 Å². The van der Waals surface area contributed by atoms with Crippen LogP contribution >= 0.6 is 0 Å². The molecule has 124 valence electrons. The Morgan fingerprint density at radius 1 is 1.21 bits per heavy atom. The van der Waals surface area contributed by atoms with E-state index < -0.39 is 0 Å². The van der Waals surface area contributed by atoms with Crippen LogP contribution in [0.1, 0.15) is 54.3 Å². The third-order valence-electron chi connectivity index (χ3n) is 3.98. The minimum Gasteiger partial charge on any atom is -0.309 e. The number of hydrogen-bond acceptors (Lipinski definition) is 3. The van der Waals surface area contributed by atoms with Crippen molar-refractivity contribution in [1.29, 1.82) is 0 Å². The lowest BCUT2D eigenvalue weighted by atomic mass is 10.1. The summed E-state index contributed by atoms with van der Waals surface area (Å²) in [7, 11) is 0. The normalized spacial score (nSPS) is 11.2. The van der Waals surface area contributed by atoms with Gasteiger partial charge in [-0.1, -0.05) is 20.8 Å². The molecule has 0 saturated heterocycles. The number of H-pyrrole nitrogens is 2. The molecule has 0 aliphatic rings. The van der Waals surface area contributed by atoms with Gasteiger partial charge in [-0.2, -0.15) is 0 Å². The zero-order valence-corrected chi connectivity index (χ0v) is 14.0. The first-order chi connectivity index (χ1) is 11.5. The van der Waals surface area contributed by atoms with Gasteiger partial charge in [0.1, 0.15) is 11.5 Å². The third kappa shape index (κ3) is 2.82. The maximum atomic E-state index is 12.6. The molecule has 0 aliphatic carbocycles. The number of carbonyl (C=O) groups excluding carboxylic acids is 1. The Balaban J connectivity index is 1.93. The van der Waals surface area contributed by atoms with Crippen molar-refractivity contribution >= 4 is 5.78 Å². The number of imidazole rings is 2. The molecule has 0 amide bonds. The number of nitrogens with one attached hydrogen (secondary N) is 2. The number of hydrogen-bond donors (Lipinski definition) is 2. The van der Waals surface area contributed by atoms with E-state index in [0.717, 1.165) is 11.5 Å². The zero-order chi connectivity index (χ0) is 17.3. The molecule has 0 aliphatic heterocycles. The number of aromatic amines is 2. The van der Waals surface area contributed by atoms with Gasteiger partial charge in [0.05, 0.1) is 0 Å². The van der Waals surface area contributed by atoms with Crippen molar-refractivity contribution in [3.8, 4) is 5.69 Å². The minimum atomic E-state index is -0.355. The summed E-state index contributed by atoms with van der Waals surface area (Å²) in [6.45, 7) is 6.07. The number of aromatic nitrogens is 4. The van der Waals surface area contributed by atoms with Gasteiger partial charge >= 0.3 is 5.69 Å². The molecule has 0 unspecified atom stereocenters. The van der Waals surface area contributed by atoms with E-state index in [-0.39, 0.29) is 11.5 Å². The van der Waals surface area contributed by atoms with Crippen LogP contribution in [0.3, 0.4) is 0 Å². The molecule has 0 spiro atoms. The maximum Gasteiger partial charge on any atom is 0.323 e. The van der Waals surface area contributed by atoms with E-state index in [1.165, 1.54) is 0 Å². The Kier molecular flexibility index (Phi) is 4.20. The van der Waals surface area contributed by atoms with Gasteiger partial charge in [0.15, 0.2) is 0 Å². The highest BCUT2D eigenvalue weighted by molar-refractivity contribution is 6.08. The van der Waals surface area contributed by atoms with E-state index in [9.17, 15) is 9.59 Å². The van der Waals surface area contributed by atoms with E-state index >= 15 is 0 Å². The third-order valence-corrected chi connectivity index (χ3v) is 3.98. The SMILES string of the molecule is CCc1[nH]c(=O)[nH]c1C(=O)c1ccc(-n2ccnc2C(C)C)cc1.